The minimum atomic E-state index is -4.82. The van der Waals surface area contributed by atoms with Crippen LogP contribution in [0.1, 0.15) is 65.8 Å². The van der Waals surface area contributed by atoms with Gasteiger partial charge in [0.2, 0.25) is 0 Å². The largest absolute Gasteiger partial charge is 0.479 e. The van der Waals surface area contributed by atoms with Gasteiger partial charge in [-0.2, -0.15) is 0 Å². The fourth-order valence-electron chi connectivity index (χ4n) is 4.60. The normalized spacial score (nSPS) is 23.6. The van der Waals surface area contributed by atoms with Gasteiger partial charge in [0.1, 0.15) is 36.3 Å². The molecule has 0 radical (unpaired) electrons. The van der Waals surface area contributed by atoms with Crippen molar-refractivity contribution < 1.29 is 71.1 Å². The van der Waals surface area contributed by atoms with Crippen molar-refractivity contribution in [1.82, 2.24) is 19.5 Å². The quantitative estimate of drug-likeness (QED) is 0.143. The molecule has 0 aliphatic carbocycles. The number of aliphatic hydroxyl groups is 2. The van der Waals surface area contributed by atoms with Crippen molar-refractivity contribution in [3.63, 3.8) is 0 Å². The van der Waals surface area contributed by atoms with E-state index in [1.807, 2.05) is 0 Å². The van der Waals surface area contributed by atoms with Gasteiger partial charge in [-0.05, 0) is 25.2 Å². The average Bonchev–Trinajstić information content (AvgIpc) is 3.47. The molecule has 48 heavy (non-hydrogen) atoms. The summed E-state index contributed by atoms with van der Waals surface area (Å²) in [6.45, 7) is 11.1. The van der Waals surface area contributed by atoms with Gasteiger partial charge in [0.05, 0.1) is 25.2 Å². The maximum Gasteiger partial charge on any atom is 0.479 e. The van der Waals surface area contributed by atoms with Gasteiger partial charge in [-0.1, -0.05) is 34.6 Å². The lowest BCUT2D eigenvalue weighted by molar-refractivity contribution is -0.134. The zero-order valence-electron chi connectivity index (χ0n) is 28.1. The molecule has 19 nitrogen and oxygen atoms in total. The number of fused-ring (bicyclic) bond motifs is 1. The molecule has 2 aromatic rings. The van der Waals surface area contributed by atoms with Gasteiger partial charge < -0.3 is 39.3 Å². The zero-order valence-corrected chi connectivity index (χ0v) is 30.7. The number of hydrogen-bond acceptors (Lipinski definition) is 14. The van der Waals surface area contributed by atoms with E-state index in [0.717, 1.165) is 13.1 Å². The Morgan fingerprint density at radius 2 is 1.71 bits per heavy atom. The molecule has 0 saturated carbocycles. The van der Waals surface area contributed by atoms with Crippen molar-refractivity contribution in [3.05, 3.63) is 18.3 Å². The summed E-state index contributed by atoms with van der Waals surface area (Å²) in [5.74, 6) is -0.384. The molecule has 1 aliphatic heterocycles. The fourth-order valence-corrected chi connectivity index (χ4v) is 7.39. The first kappa shape index (κ1) is 42.6. The third-order valence-corrected chi connectivity index (χ3v) is 9.98. The second-order valence-corrected chi connectivity index (χ2v) is 17.9. The molecule has 1 fully saturated rings. The number of rotatable bonds is 15. The Morgan fingerprint density at radius 3 is 2.25 bits per heavy atom. The van der Waals surface area contributed by atoms with E-state index < -0.39 is 65.9 Å². The Labute approximate surface area is 278 Å². The Bertz CT molecular complexity index is 1520. The average molecular weight is 749 g/mol. The molecule has 0 spiro atoms. The first-order valence-electron chi connectivity index (χ1n) is 14.7. The molecule has 3 heterocycles. The molecule has 1 aliphatic rings. The van der Waals surface area contributed by atoms with Gasteiger partial charge in [-0.25, -0.2) is 28.4 Å². The van der Waals surface area contributed by atoms with E-state index >= 15 is 0 Å². The highest BCUT2D eigenvalue weighted by Crippen LogP contribution is 2.58. The third kappa shape index (κ3) is 13.3. The monoisotopic (exact) mass is 748 g/mol. The smallest absolute Gasteiger partial charge is 0.386 e. The minimum absolute atomic E-state index is 0.0150. The third-order valence-electron chi connectivity index (χ3n) is 6.96. The van der Waals surface area contributed by atoms with E-state index in [1.54, 1.807) is 6.92 Å². The molecule has 7 atom stereocenters. The van der Waals surface area contributed by atoms with Crippen molar-refractivity contribution in [2.24, 2.45) is 10.8 Å². The van der Waals surface area contributed by atoms with Crippen molar-refractivity contribution in [2.75, 3.05) is 27.0 Å². The highest BCUT2D eigenvalue weighted by molar-refractivity contribution is 7.63. The predicted octanol–water partition coefficient (Wildman–Crippen LogP) is 2.63. The number of hydrogen-bond donors (Lipinski definition) is 6. The van der Waals surface area contributed by atoms with Crippen LogP contribution < -0.4 is 0 Å². The molecular formula is C26H47N4O15P3. The predicted molar refractivity (Wildman–Crippen MR) is 169 cm³/mol. The van der Waals surface area contributed by atoms with Crippen LogP contribution in [0.2, 0.25) is 0 Å². The van der Waals surface area contributed by atoms with E-state index in [0.29, 0.717) is 23.3 Å². The molecule has 6 N–H and O–H groups in total. The molecule has 7 unspecified atom stereocenters. The minimum Gasteiger partial charge on any atom is -0.386 e. The molecule has 2 aromatic heterocycles. The van der Waals surface area contributed by atoms with Gasteiger partial charge in [0.15, 0.2) is 17.7 Å². The SMILES string of the molecule is CC(C)(C)CCCC(=O)C(O)C(C)(C)COP(=O)(O)OP(C)(=O)O.COCC1OC(n2cnc3c(C)ncnc32)C(O)C1OP(=O)(O)O. The molecule has 0 amide bonds. The summed E-state index contributed by atoms with van der Waals surface area (Å²) in [5, 5.41) is 20.6. The van der Waals surface area contributed by atoms with Crippen LogP contribution in [0.5, 0.6) is 0 Å². The van der Waals surface area contributed by atoms with Gasteiger partial charge in [0.25, 0.3) is 0 Å². The number of phosphoric ester groups is 2. The number of aryl methyl sites for hydroxylation is 1. The maximum absolute atomic E-state index is 12.1. The Morgan fingerprint density at radius 1 is 1.08 bits per heavy atom. The van der Waals surface area contributed by atoms with Crippen molar-refractivity contribution in [1.29, 1.82) is 0 Å². The van der Waals surface area contributed by atoms with Crippen LogP contribution in [0, 0.1) is 17.8 Å². The highest BCUT2D eigenvalue weighted by atomic mass is 31.3. The molecular weight excluding hydrogens is 701 g/mol. The number of methoxy groups -OCH3 is 1. The Kier molecular flexibility index (Phi) is 14.8. The molecule has 3 rings (SSSR count). The number of phosphoric acid groups is 2. The van der Waals surface area contributed by atoms with Crippen LogP contribution >= 0.6 is 23.2 Å². The Hall–Kier alpha value is -1.53. The van der Waals surface area contributed by atoms with E-state index in [9.17, 15) is 33.6 Å². The number of imidazole rings is 1. The van der Waals surface area contributed by atoms with Crippen LogP contribution in [0.15, 0.2) is 12.7 Å². The van der Waals surface area contributed by atoms with E-state index in [2.05, 4.69) is 49.1 Å². The summed E-state index contributed by atoms with van der Waals surface area (Å²) in [4.78, 5) is 60.9. The van der Waals surface area contributed by atoms with Gasteiger partial charge in [-0.3, -0.25) is 23.0 Å². The Balaban J connectivity index is 0.000000333. The van der Waals surface area contributed by atoms with Crippen LogP contribution in [-0.2, 0) is 41.3 Å². The lowest BCUT2D eigenvalue weighted by Crippen LogP contribution is -2.39. The lowest BCUT2D eigenvalue weighted by Gasteiger charge is -2.30. The zero-order chi connectivity index (χ0) is 36.9. The lowest BCUT2D eigenvalue weighted by atomic mass is 9.83. The number of ketones is 1. The summed E-state index contributed by atoms with van der Waals surface area (Å²) in [7, 11) is -12.4. The maximum atomic E-state index is 12.1. The van der Waals surface area contributed by atoms with Crippen LogP contribution in [0.3, 0.4) is 0 Å². The summed E-state index contributed by atoms with van der Waals surface area (Å²) in [6, 6.07) is 0. The van der Waals surface area contributed by atoms with Gasteiger partial charge in [0, 0.05) is 25.6 Å². The second kappa shape index (κ2) is 16.7. The number of ether oxygens (including phenoxy) is 2. The number of aromatic nitrogens is 4. The molecule has 22 heteroatoms. The van der Waals surface area contributed by atoms with E-state index in [1.165, 1.54) is 38.2 Å². The molecule has 0 bridgehead atoms. The molecule has 1 saturated heterocycles. The second-order valence-electron chi connectivity index (χ2n) is 13.3. The van der Waals surface area contributed by atoms with Crippen molar-refractivity contribution in [3.8, 4) is 0 Å². The fraction of sp³-hybridized carbons (Fsp3) is 0.769. The summed E-state index contributed by atoms with van der Waals surface area (Å²) in [6.07, 6.45) is -1.45. The number of carbonyl (C=O) groups is 1. The van der Waals surface area contributed by atoms with Crippen LogP contribution in [0.25, 0.3) is 11.2 Å². The topological polar surface area (TPSA) is 279 Å². The number of carbonyl (C=O) groups excluding carboxylic acids is 1. The van der Waals surface area contributed by atoms with Crippen molar-refractivity contribution >= 4 is 40.2 Å². The molecule has 0 aromatic carbocycles. The van der Waals surface area contributed by atoms with E-state index in [4.69, 9.17) is 24.2 Å². The van der Waals surface area contributed by atoms with Crippen LogP contribution in [-0.4, -0.2) is 106 Å². The molecule has 276 valence electrons. The first-order valence-corrected chi connectivity index (χ1v) is 19.7. The number of Topliss-reactive ketones (excluding diaryl/α,β-unsaturated/α-hetero) is 1. The van der Waals surface area contributed by atoms with Gasteiger partial charge >= 0.3 is 23.2 Å². The van der Waals surface area contributed by atoms with E-state index in [-0.39, 0.29) is 24.2 Å². The number of aliphatic hydroxyl groups excluding tert-OH is 2. The summed E-state index contributed by atoms with van der Waals surface area (Å²) in [5.41, 5.74) is 0.551. The van der Waals surface area contributed by atoms with Crippen molar-refractivity contribution in [2.45, 2.75) is 91.4 Å². The highest BCUT2D eigenvalue weighted by Gasteiger charge is 2.48. The van der Waals surface area contributed by atoms with Gasteiger partial charge in [-0.15, -0.1) is 0 Å². The first-order chi connectivity index (χ1) is 21.8. The number of nitrogens with zero attached hydrogens (tertiary/aromatic N) is 4. The summed E-state index contributed by atoms with van der Waals surface area (Å²) < 4.78 is 59.3. The standard InChI is InChI=1S/C14H30O8P2.C12H17N4O7P/c1-13(2,3)9-7-8-11(15)12(16)14(4,5)10-21-24(19,20)22-23(6,17)18;1-6-8-11(14-4-13-6)16(5-15-8)12-9(17)10(23-24(18,19)20)7(22-12)3-21-2/h12,16H,7-10H2,1-6H3,(H,17,18)(H,19,20);4-5,7,9-10,12,17H,3H2,1-2H3,(H2,18,19,20). The summed E-state index contributed by atoms with van der Waals surface area (Å²) >= 11 is 0. The van der Waals surface area contributed by atoms with Crippen LogP contribution in [0.4, 0.5) is 0 Å².